The molecule has 0 aliphatic heterocycles. The summed E-state index contributed by atoms with van der Waals surface area (Å²) in [5.74, 6) is 0.754. The zero-order chi connectivity index (χ0) is 16.8. The second-order valence-electron chi connectivity index (χ2n) is 5.25. The number of hydrogen-bond acceptors (Lipinski definition) is 4. The predicted molar refractivity (Wildman–Crippen MR) is 96.6 cm³/mol. The fourth-order valence-electron chi connectivity index (χ4n) is 2.40. The van der Waals surface area contributed by atoms with E-state index in [1.165, 1.54) is 11.3 Å². The highest BCUT2D eigenvalue weighted by atomic mass is 32.1. The molecule has 122 valence electrons. The largest absolute Gasteiger partial charge is 0.497 e. The van der Waals surface area contributed by atoms with Gasteiger partial charge in [0.15, 0.2) is 0 Å². The van der Waals surface area contributed by atoms with Gasteiger partial charge in [-0.15, -0.1) is 11.3 Å². The summed E-state index contributed by atoms with van der Waals surface area (Å²) >= 11 is 1.36. The Balaban J connectivity index is 1.61. The minimum absolute atomic E-state index is 0.0788. The molecule has 1 amide bonds. The van der Waals surface area contributed by atoms with Crippen LogP contribution in [-0.2, 0) is 6.42 Å². The van der Waals surface area contributed by atoms with Crippen LogP contribution in [0.25, 0.3) is 11.3 Å². The van der Waals surface area contributed by atoms with E-state index >= 15 is 0 Å². The molecule has 5 heteroatoms. The van der Waals surface area contributed by atoms with Gasteiger partial charge < -0.3 is 10.1 Å². The number of nitrogens with zero attached hydrogens (tertiary/aromatic N) is 1. The molecule has 0 aliphatic rings. The third kappa shape index (κ3) is 3.81. The number of carbonyl (C=O) groups is 1. The maximum Gasteiger partial charge on any atom is 0.263 e. The number of methoxy groups -OCH3 is 1. The van der Waals surface area contributed by atoms with Crippen LogP contribution in [0.5, 0.6) is 5.75 Å². The summed E-state index contributed by atoms with van der Waals surface area (Å²) in [5, 5.41) is 2.97. The summed E-state index contributed by atoms with van der Waals surface area (Å²) in [6.45, 7) is 0.581. The van der Waals surface area contributed by atoms with Crippen molar-refractivity contribution >= 4 is 17.2 Å². The number of benzene rings is 2. The van der Waals surface area contributed by atoms with Crippen LogP contribution in [0.4, 0.5) is 0 Å². The van der Waals surface area contributed by atoms with Crippen molar-refractivity contribution in [2.45, 2.75) is 6.42 Å². The van der Waals surface area contributed by atoms with Crippen LogP contribution in [0.3, 0.4) is 0 Å². The second kappa shape index (κ2) is 7.75. The van der Waals surface area contributed by atoms with Crippen molar-refractivity contribution in [1.82, 2.24) is 10.3 Å². The topological polar surface area (TPSA) is 51.2 Å². The predicted octanol–water partition coefficient (Wildman–Crippen LogP) is 3.79. The molecule has 2 aromatic carbocycles. The molecular formula is C19H18N2O2S. The van der Waals surface area contributed by atoms with E-state index in [0.29, 0.717) is 11.4 Å². The van der Waals surface area contributed by atoms with E-state index < -0.39 is 0 Å². The molecule has 1 heterocycles. The molecular weight excluding hydrogens is 320 g/mol. The normalized spacial score (nSPS) is 10.4. The molecule has 0 saturated heterocycles. The molecule has 0 unspecified atom stereocenters. The zero-order valence-electron chi connectivity index (χ0n) is 13.4. The number of carbonyl (C=O) groups excluding carboxylic acids is 1. The Morgan fingerprint density at radius 2 is 1.88 bits per heavy atom. The number of hydrogen-bond donors (Lipinski definition) is 1. The molecule has 24 heavy (non-hydrogen) atoms. The van der Waals surface area contributed by atoms with Crippen molar-refractivity contribution in [3.05, 3.63) is 70.5 Å². The molecule has 0 atom stereocenters. The molecule has 0 spiro atoms. The van der Waals surface area contributed by atoms with Gasteiger partial charge in [-0.25, -0.2) is 4.98 Å². The van der Waals surface area contributed by atoms with E-state index in [0.717, 1.165) is 29.0 Å². The van der Waals surface area contributed by atoms with Crippen molar-refractivity contribution in [3.8, 4) is 17.0 Å². The minimum atomic E-state index is -0.0788. The van der Waals surface area contributed by atoms with Crippen LogP contribution in [0.15, 0.2) is 60.1 Å². The number of amides is 1. The van der Waals surface area contributed by atoms with E-state index in [1.54, 1.807) is 12.6 Å². The first kappa shape index (κ1) is 16.2. The Bertz CT molecular complexity index is 798. The van der Waals surface area contributed by atoms with Crippen molar-refractivity contribution in [2.75, 3.05) is 13.7 Å². The van der Waals surface area contributed by atoms with Gasteiger partial charge in [0.1, 0.15) is 10.6 Å². The lowest BCUT2D eigenvalue weighted by Crippen LogP contribution is -2.25. The summed E-state index contributed by atoms with van der Waals surface area (Å²) in [4.78, 5) is 17.4. The van der Waals surface area contributed by atoms with Crippen molar-refractivity contribution < 1.29 is 9.53 Å². The van der Waals surface area contributed by atoms with Crippen molar-refractivity contribution in [1.29, 1.82) is 0 Å². The molecule has 1 N–H and O–H groups in total. The minimum Gasteiger partial charge on any atom is -0.497 e. The molecule has 0 radical (unpaired) electrons. The van der Waals surface area contributed by atoms with E-state index in [-0.39, 0.29) is 5.91 Å². The zero-order valence-corrected chi connectivity index (χ0v) is 14.2. The van der Waals surface area contributed by atoms with Gasteiger partial charge in [0.25, 0.3) is 5.91 Å². The van der Waals surface area contributed by atoms with Crippen LogP contribution in [0.1, 0.15) is 15.2 Å². The smallest absolute Gasteiger partial charge is 0.263 e. The van der Waals surface area contributed by atoms with Gasteiger partial charge in [0.05, 0.1) is 18.3 Å². The van der Waals surface area contributed by atoms with E-state index in [4.69, 9.17) is 4.74 Å². The van der Waals surface area contributed by atoms with Gasteiger partial charge in [0.2, 0.25) is 0 Å². The molecule has 0 aliphatic carbocycles. The molecule has 4 nitrogen and oxygen atoms in total. The van der Waals surface area contributed by atoms with Crippen LogP contribution in [-0.4, -0.2) is 24.5 Å². The Morgan fingerprint density at radius 1 is 1.12 bits per heavy atom. The summed E-state index contributed by atoms with van der Waals surface area (Å²) in [6, 6.07) is 17.6. The van der Waals surface area contributed by atoms with Crippen molar-refractivity contribution in [2.24, 2.45) is 0 Å². The van der Waals surface area contributed by atoms with Gasteiger partial charge in [-0.1, -0.05) is 42.5 Å². The highest BCUT2D eigenvalue weighted by molar-refractivity contribution is 7.12. The lowest BCUT2D eigenvalue weighted by atomic mass is 10.1. The fraction of sp³-hybridized carbons (Fsp3) is 0.158. The number of ether oxygens (including phenoxy) is 1. The van der Waals surface area contributed by atoms with Crippen molar-refractivity contribution in [3.63, 3.8) is 0 Å². The van der Waals surface area contributed by atoms with Crippen LogP contribution in [0.2, 0.25) is 0 Å². The Labute approximate surface area is 145 Å². The van der Waals surface area contributed by atoms with E-state index in [9.17, 15) is 4.79 Å². The van der Waals surface area contributed by atoms with Gasteiger partial charge >= 0.3 is 0 Å². The summed E-state index contributed by atoms with van der Waals surface area (Å²) in [5.41, 5.74) is 4.56. The van der Waals surface area contributed by atoms with Gasteiger partial charge in [-0.3, -0.25) is 4.79 Å². The molecule has 3 rings (SSSR count). The van der Waals surface area contributed by atoms with Gasteiger partial charge in [0, 0.05) is 12.1 Å². The third-order valence-corrected chi connectivity index (χ3v) is 4.50. The summed E-state index contributed by atoms with van der Waals surface area (Å²) in [6.07, 6.45) is 0.773. The van der Waals surface area contributed by atoms with Crippen LogP contribution >= 0.6 is 11.3 Å². The Kier molecular flexibility index (Phi) is 5.23. The fourth-order valence-corrected chi connectivity index (χ4v) is 3.13. The first-order valence-corrected chi connectivity index (χ1v) is 8.56. The number of rotatable bonds is 6. The average Bonchev–Trinajstić information content (AvgIpc) is 3.13. The average molecular weight is 338 g/mol. The maximum atomic E-state index is 12.4. The molecule has 0 saturated carbocycles. The Hall–Kier alpha value is -2.66. The number of thiazole rings is 1. The number of aromatic nitrogens is 1. The highest BCUT2D eigenvalue weighted by Crippen LogP contribution is 2.25. The monoisotopic (exact) mass is 338 g/mol. The van der Waals surface area contributed by atoms with E-state index in [2.05, 4.69) is 10.3 Å². The quantitative estimate of drug-likeness (QED) is 0.744. The van der Waals surface area contributed by atoms with Crippen LogP contribution < -0.4 is 10.1 Å². The lowest BCUT2D eigenvalue weighted by Gasteiger charge is -2.06. The summed E-state index contributed by atoms with van der Waals surface area (Å²) < 4.78 is 5.14. The number of nitrogens with one attached hydrogen (secondary N) is 1. The highest BCUT2D eigenvalue weighted by Gasteiger charge is 2.15. The van der Waals surface area contributed by atoms with Gasteiger partial charge in [-0.2, -0.15) is 0 Å². The SMILES string of the molecule is COc1ccc(CCNC(=O)c2scnc2-c2ccccc2)cc1. The first-order valence-electron chi connectivity index (χ1n) is 7.68. The standard InChI is InChI=1S/C19H18N2O2S/c1-23-16-9-7-14(8-10-16)11-12-20-19(22)18-17(21-13-24-18)15-5-3-2-4-6-15/h2-10,13H,11-12H2,1H3,(H,20,22). The molecule has 0 fully saturated rings. The molecule has 1 aromatic heterocycles. The van der Waals surface area contributed by atoms with Crippen LogP contribution in [0, 0.1) is 0 Å². The Morgan fingerprint density at radius 3 is 2.58 bits per heavy atom. The molecule has 3 aromatic rings. The molecule has 0 bridgehead atoms. The lowest BCUT2D eigenvalue weighted by molar-refractivity contribution is 0.0958. The summed E-state index contributed by atoms with van der Waals surface area (Å²) in [7, 11) is 1.65. The first-order chi connectivity index (χ1) is 11.8. The van der Waals surface area contributed by atoms with E-state index in [1.807, 2.05) is 54.6 Å². The van der Waals surface area contributed by atoms with Gasteiger partial charge in [-0.05, 0) is 24.1 Å². The third-order valence-electron chi connectivity index (χ3n) is 3.68. The maximum absolute atomic E-state index is 12.4. The second-order valence-corrected chi connectivity index (χ2v) is 6.10.